The Morgan fingerprint density at radius 2 is 2.22 bits per heavy atom. The van der Waals surface area contributed by atoms with Crippen molar-refractivity contribution in [1.82, 2.24) is 0 Å². The van der Waals surface area contributed by atoms with Gasteiger partial charge >= 0.3 is 5.97 Å². The van der Waals surface area contributed by atoms with Crippen LogP contribution in [-0.4, -0.2) is 19.7 Å². The van der Waals surface area contributed by atoms with Crippen molar-refractivity contribution in [3.05, 3.63) is 28.8 Å². The molecule has 0 radical (unpaired) electrons. The van der Waals surface area contributed by atoms with Crippen molar-refractivity contribution in [2.75, 3.05) is 13.7 Å². The van der Waals surface area contributed by atoms with E-state index in [1.54, 1.807) is 32.2 Å². The van der Waals surface area contributed by atoms with Crippen molar-refractivity contribution in [2.45, 2.75) is 25.8 Å². The number of esters is 1. The maximum absolute atomic E-state index is 11.3. The van der Waals surface area contributed by atoms with Crippen LogP contribution in [0.4, 0.5) is 0 Å². The van der Waals surface area contributed by atoms with Gasteiger partial charge in [0, 0.05) is 23.0 Å². The molecule has 2 N–H and O–H groups in total. The van der Waals surface area contributed by atoms with Crippen LogP contribution in [-0.2, 0) is 9.53 Å². The zero-order chi connectivity index (χ0) is 13.5. The molecule has 1 atom stereocenters. The van der Waals surface area contributed by atoms with Gasteiger partial charge in [-0.25, -0.2) is 0 Å². The zero-order valence-corrected chi connectivity index (χ0v) is 11.4. The standard InChI is InChI=1S/C13H18ClNO3/c1-3-18-13(16)7-5-11(15)10-8-9(14)4-6-12(10)17-2/h4,6,8,11H,3,5,7,15H2,1-2H3. The Morgan fingerprint density at radius 1 is 1.50 bits per heavy atom. The molecule has 5 heteroatoms. The van der Waals surface area contributed by atoms with E-state index in [4.69, 9.17) is 26.8 Å². The lowest BCUT2D eigenvalue weighted by molar-refractivity contribution is -0.143. The minimum absolute atomic E-state index is 0.242. The van der Waals surface area contributed by atoms with Gasteiger partial charge < -0.3 is 15.2 Å². The van der Waals surface area contributed by atoms with Crippen molar-refractivity contribution in [2.24, 2.45) is 5.73 Å². The monoisotopic (exact) mass is 271 g/mol. The highest BCUT2D eigenvalue weighted by atomic mass is 35.5. The Balaban J connectivity index is 2.68. The summed E-state index contributed by atoms with van der Waals surface area (Å²) in [5.41, 5.74) is 6.84. The van der Waals surface area contributed by atoms with Gasteiger partial charge in [-0.1, -0.05) is 11.6 Å². The highest BCUT2D eigenvalue weighted by Crippen LogP contribution is 2.29. The molecule has 18 heavy (non-hydrogen) atoms. The summed E-state index contributed by atoms with van der Waals surface area (Å²) >= 11 is 5.93. The number of methoxy groups -OCH3 is 1. The quantitative estimate of drug-likeness (QED) is 0.808. The van der Waals surface area contributed by atoms with Crippen molar-refractivity contribution in [3.8, 4) is 5.75 Å². The fourth-order valence-corrected chi connectivity index (χ4v) is 1.84. The molecule has 1 aromatic rings. The van der Waals surface area contributed by atoms with Gasteiger partial charge in [-0.2, -0.15) is 0 Å². The van der Waals surface area contributed by atoms with Crippen LogP contribution in [0.3, 0.4) is 0 Å². The molecule has 0 aromatic heterocycles. The Bertz CT molecular complexity index is 409. The molecule has 0 saturated carbocycles. The Kier molecular flexibility index (Phi) is 5.95. The molecule has 0 aliphatic rings. The third-order valence-corrected chi connectivity index (χ3v) is 2.79. The van der Waals surface area contributed by atoms with Crippen molar-refractivity contribution < 1.29 is 14.3 Å². The number of carbonyl (C=O) groups excluding carboxylic acids is 1. The van der Waals surface area contributed by atoms with E-state index >= 15 is 0 Å². The van der Waals surface area contributed by atoms with Crippen LogP contribution in [0.1, 0.15) is 31.4 Å². The second-order valence-corrected chi connectivity index (χ2v) is 4.27. The molecule has 0 spiro atoms. The largest absolute Gasteiger partial charge is 0.496 e. The van der Waals surface area contributed by atoms with Gasteiger partial charge in [0.25, 0.3) is 0 Å². The summed E-state index contributed by atoms with van der Waals surface area (Å²) < 4.78 is 10.1. The number of hydrogen-bond acceptors (Lipinski definition) is 4. The Labute approximate surface area is 112 Å². The predicted molar refractivity (Wildman–Crippen MR) is 70.8 cm³/mol. The molecule has 1 rings (SSSR count). The Hall–Kier alpha value is -1.26. The number of benzene rings is 1. The minimum atomic E-state index is -0.303. The summed E-state index contributed by atoms with van der Waals surface area (Å²) in [6.07, 6.45) is 0.778. The van der Waals surface area contributed by atoms with E-state index in [1.807, 2.05) is 0 Å². The van der Waals surface area contributed by atoms with Crippen molar-refractivity contribution in [1.29, 1.82) is 0 Å². The molecule has 0 aliphatic carbocycles. The lowest BCUT2D eigenvalue weighted by Gasteiger charge is -2.15. The van der Waals surface area contributed by atoms with E-state index in [2.05, 4.69) is 0 Å². The highest BCUT2D eigenvalue weighted by Gasteiger charge is 2.14. The summed E-state index contributed by atoms with van der Waals surface area (Å²) in [7, 11) is 1.57. The van der Waals surface area contributed by atoms with E-state index in [9.17, 15) is 4.79 Å². The fourth-order valence-electron chi connectivity index (χ4n) is 1.66. The molecule has 0 bridgehead atoms. The molecule has 100 valence electrons. The Morgan fingerprint density at radius 3 is 2.83 bits per heavy atom. The lowest BCUT2D eigenvalue weighted by atomic mass is 10.0. The minimum Gasteiger partial charge on any atom is -0.496 e. The molecular weight excluding hydrogens is 254 g/mol. The summed E-state index contributed by atoms with van der Waals surface area (Å²) in [5, 5.41) is 0.595. The molecule has 1 unspecified atom stereocenters. The van der Waals surface area contributed by atoms with Gasteiger partial charge in [-0.3, -0.25) is 4.79 Å². The SMILES string of the molecule is CCOC(=O)CCC(N)c1cc(Cl)ccc1OC. The molecule has 0 heterocycles. The zero-order valence-electron chi connectivity index (χ0n) is 10.6. The average Bonchev–Trinajstić information content (AvgIpc) is 2.36. The van der Waals surface area contributed by atoms with Crippen LogP contribution in [0.2, 0.25) is 5.02 Å². The number of rotatable bonds is 6. The fraction of sp³-hybridized carbons (Fsp3) is 0.462. The van der Waals surface area contributed by atoms with Crippen molar-refractivity contribution in [3.63, 3.8) is 0 Å². The predicted octanol–water partition coefficient (Wildman–Crippen LogP) is 2.69. The number of halogens is 1. The first kappa shape index (κ1) is 14.8. The molecule has 1 aromatic carbocycles. The van der Waals surface area contributed by atoms with E-state index in [0.29, 0.717) is 23.8 Å². The number of ether oxygens (including phenoxy) is 2. The van der Waals surface area contributed by atoms with Crippen LogP contribution in [0.15, 0.2) is 18.2 Å². The third-order valence-electron chi connectivity index (χ3n) is 2.56. The lowest BCUT2D eigenvalue weighted by Crippen LogP contribution is -2.14. The molecule has 0 saturated heterocycles. The maximum atomic E-state index is 11.3. The molecule has 0 aliphatic heterocycles. The number of carbonyl (C=O) groups is 1. The van der Waals surface area contributed by atoms with Gasteiger partial charge in [-0.05, 0) is 31.5 Å². The molecule has 4 nitrogen and oxygen atoms in total. The first-order chi connectivity index (χ1) is 8.58. The first-order valence-electron chi connectivity index (χ1n) is 5.83. The van der Waals surface area contributed by atoms with Gasteiger partial charge in [0.1, 0.15) is 5.75 Å². The topological polar surface area (TPSA) is 61.5 Å². The second kappa shape index (κ2) is 7.24. The first-order valence-corrected chi connectivity index (χ1v) is 6.21. The van der Waals surface area contributed by atoms with Crippen LogP contribution in [0.25, 0.3) is 0 Å². The van der Waals surface area contributed by atoms with Gasteiger partial charge in [0.15, 0.2) is 0 Å². The number of nitrogens with two attached hydrogens (primary N) is 1. The van der Waals surface area contributed by atoms with E-state index in [-0.39, 0.29) is 18.4 Å². The third kappa shape index (κ3) is 4.20. The number of hydrogen-bond donors (Lipinski definition) is 1. The van der Waals surface area contributed by atoms with E-state index in [1.165, 1.54) is 0 Å². The van der Waals surface area contributed by atoms with Gasteiger partial charge in [-0.15, -0.1) is 0 Å². The normalized spacial score (nSPS) is 12.0. The molecular formula is C13H18ClNO3. The smallest absolute Gasteiger partial charge is 0.305 e. The van der Waals surface area contributed by atoms with Gasteiger partial charge in [0.2, 0.25) is 0 Å². The van der Waals surface area contributed by atoms with E-state index < -0.39 is 0 Å². The van der Waals surface area contributed by atoms with Gasteiger partial charge in [0.05, 0.1) is 13.7 Å². The van der Waals surface area contributed by atoms with Crippen LogP contribution in [0, 0.1) is 0 Å². The van der Waals surface area contributed by atoms with Crippen LogP contribution >= 0.6 is 11.6 Å². The van der Waals surface area contributed by atoms with Crippen molar-refractivity contribution >= 4 is 17.6 Å². The summed E-state index contributed by atoms with van der Waals surface area (Å²) in [5.74, 6) is 0.435. The highest BCUT2D eigenvalue weighted by molar-refractivity contribution is 6.30. The maximum Gasteiger partial charge on any atom is 0.305 e. The summed E-state index contributed by atoms with van der Waals surface area (Å²) in [4.78, 5) is 11.3. The van der Waals surface area contributed by atoms with Crippen LogP contribution < -0.4 is 10.5 Å². The molecule has 0 fully saturated rings. The second-order valence-electron chi connectivity index (χ2n) is 3.84. The van der Waals surface area contributed by atoms with E-state index in [0.717, 1.165) is 5.56 Å². The molecule has 0 amide bonds. The van der Waals surface area contributed by atoms with Crippen LogP contribution in [0.5, 0.6) is 5.75 Å². The summed E-state index contributed by atoms with van der Waals surface area (Å²) in [6.45, 7) is 2.16. The summed E-state index contributed by atoms with van der Waals surface area (Å²) in [6, 6.07) is 4.96. The average molecular weight is 272 g/mol.